The van der Waals surface area contributed by atoms with E-state index in [4.69, 9.17) is 27.9 Å². The molecule has 0 aliphatic carbocycles. The van der Waals surface area contributed by atoms with Crippen LogP contribution in [0.1, 0.15) is 26.5 Å². The lowest BCUT2D eigenvalue weighted by molar-refractivity contribution is 0.0528. The van der Waals surface area contributed by atoms with Gasteiger partial charge in [-0.25, -0.2) is 9.78 Å². The van der Waals surface area contributed by atoms with Gasteiger partial charge >= 0.3 is 6.09 Å². The minimum atomic E-state index is -0.503. The Balaban J connectivity index is 1.95. The third-order valence-electron chi connectivity index (χ3n) is 2.57. The third kappa shape index (κ3) is 4.51. The van der Waals surface area contributed by atoms with E-state index in [1.807, 2.05) is 27.0 Å². The molecule has 2 aromatic rings. The van der Waals surface area contributed by atoms with Crippen LogP contribution in [0.4, 0.5) is 4.79 Å². The topological polar surface area (TPSA) is 55.6 Å². The van der Waals surface area contributed by atoms with Crippen LogP contribution in [0.15, 0.2) is 18.5 Å². The average Bonchev–Trinajstić information content (AvgIpc) is 2.69. The van der Waals surface area contributed by atoms with Crippen LogP contribution in [-0.2, 0) is 11.2 Å². The number of hydrogen-bond donors (Lipinski definition) is 1. The first-order valence-electron chi connectivity index (χ1n) is 6.54. The normalized spacial score (nSPS) is 11.7. The molecule has 0 aliphatic rings. The number of aromatic nitrogens is 2. The van der Waals surface area contributed by atoms with Gasteiger partial charge < -0.3 is 14.5 Å². The van der Waals surface area contributed by atoms with Crippen LogP contribution in [0.2, 0.25) is 10.0 Å². The van der Waals surface area contributed by atoms with Crippen molar-refractivity contribution in [3.63, 3.8) is 0 Å². The van der Waals surface area contributed by atoms with Crippen molar-refractivity contribution in [3.8, 4) is 0 Å². The number of halogens is 2. The van der Waals surface area contributed by atoms with Crippen molar-refractivity contribution in [1.29, 1.82) is 0 Å². The van der Waals surface area contributed by atoms with Crippen molar-refractivity contribution in [2.75, 3.05) is 6.54 Å². The van der Waals surface area contributed by atoms with E-state index in [0.717, 1.165) is 5.69 Å². The molecule has 2 rings (SSSR count). The van der Waals surface area contributed by atoms with E-state index in [-0.39, 0.29) is 0 Å². The molecule has 1 amide bonds. The fraction of sp³-hybridized carbons (Fsp3) is 0.429. The Morgan fingerprint density at radius 2 is 2.10 bits per heavy atom. The maximum absolute atomic E-state index is 11.5. The molecule has 0 atom stereocenters. The van der Waals surface area contributed by atoms with E-state index in [9.17, 15) is 4.79 Å². The van der Waals surface area contributed by atoms with E-state index >= 15 is 0 Å². The zero-order chi connectivity index (χ0) is 15.6. The number of rotatable bonds is 3. The molecule has 0 unspecified atom stereocenters. The number of alkyl carbamates (subject to hydrolysis) is 1. The summed E-state index contributed by atoms with van der Waals surface area (Å²) in [6, 6.07) is 1.65. The van der Waals surface area contributed by atoms with Crippen molar-refractivity contribution in [2.45, 2.75) is 32.8 Å². The Bertz CT molecular complexity index is 662. The fourth-order valence-corrected chi connectivity index (χ4v) is 2.33. The number of nitrogens with one attached hydrogen (secondary N) is 1. The summed E-state index contributed by atoms with van der Waals surface area (Å²) < 4.78 is 6.93. The maximum atomic E-state index is 11.5. The van der Waals surface area contributed by atoms with E-state index in [2.05, 4.69) is 10.3 Å². The van der Waals surface area contributed by atoms with Crippen molar-refractivity contribution in [3.05, 3.63) is 34.2 Å². The molecule has 0 fully saturated rings. The van der Waals surface area contributed by atoms with Gasteiger partial charge in [-0.3, -0.25) is 0 Å². The number of hydrogen-bond acceptors (Lipinski definition) is 3. The smallest absolute Gasteiger partial charge is 0.407 e. The Hall–Kier alpha value is -1.46. The second kappa shape index (κ2) is 6.12. The highest BCUT2D eigenvalue weighted by molar-refractivity contribution is 6.36. The quantitative estimate of drug-likeness (QED) is 0.933. The molecule has 0 bridgehead atoms. The van der Waals surface area contributed by atoms with Crippen LogP contribution in [0, 0.1) is 0 Å². The maximum Gasteiger partial charge on any atom is 0.407 e. The lowest BCUT2D eigenvalue weighted by Gasteiger charge is -2.19. The Morgan fingerprint density at radius 1 is 1.38 bits per heavy atom. The number of carbonyl (C=O) groups is 1. The number of ether oxygens (including phenoxy) is 1. The minimum absolute atomic E-state index is 0.435. The lowest BCUT2D eigenvalue weighted by atomic mass is 10.2. The van der Waals surface area contributed by atoms with Crippen LogP contribution in [0.5, 0.6) is 0 Å². The molecule has 0 spiro atoms. The molecule has 0 aromatic carbocycles. The number of imidazole rings is 1. The highest BCUT2D eigenvalue weighted by Gasteiger charge is 2.15. The van der Waals surface area contributed by atoms with E-state index in [1.54, 1.807) is 16.7 Å². The van der Waals surface area contributed by atoms with Gasteiger partial charge in [0.2, 0.25) is 0 Å². The molecule has 2 heterocycles. The molecule has 0 aliphatic heterocycles. The van der Waals surface area contributed by atoms with Crippen LogP contribution in [-0.4, -0.2) is 27.6 Å². The summed E-state index contributed by atoms with van der Waals surface area (Å²) in [4.78, 5) is 15.9. The van der Waals surface area contributed by atoms with Crippen LogP contribution in [0.3, 0.4) is 0 Å². The molecule has 1 N–H and O–H groups in total. The molecule has 0 saturated heterocycles. The summed E-state index contributed by atoms with van der Waals surface area (Å²) in [7, 11) is 0. The average molecular weight is 330 g/mol. The minimum Gasteiger partial charge on any atom is -0.444 e. The zero-order valence-corrected chi connectivity index (χ0v) is 13.6. The predicted octanol–water partition coefficient (Wildman–Crippen LogP) is 3.71. The van der Waals surface area contributed by atoms with Gasteiger partial charge in [-0.15, -0.1) is 0 Å². The number of nitrogens with zero attached hydrogens (tertiary/aromatic N) is 2. The monoisotopic (exact) mass is 329 g/mol. The molecular formula is C14H17Cl2N3O2. The number of carbonyl (C=O) groups excluding carboxylic acids is 1. The van der Waals surface area contributed by atoms with Gasteiger partial charge in [0.1, 0.15) is 5.60 Å². The van der Waals surface area contributed by atoms with Gasteiger partial charge in [0, 0.05) is 25.4 Å². The summed E-state index contributed by atoms with van der Waals surface area (Å²) in [5.41, 5.74) is 0.959. The van der Waals surface area contributed by atoms with Gasteiger partial charge in [0.15, 0.2) is 5.65 Å². The van der Waals surface area contributed by atoms with Gasteiger partial charge in [0.25, 0.3) is 0 Å². The number of pyridine rings is 1. The predicted molar refractivity (Wildman–Crippen MR) is 83.2 cm³/mol. The summed E-state index contributed by atoms with van der Waals surface area (Å²) in [6.45, 7) is 5.89. The van der Waals surface area contributed by atoms with E-state index in [0.29, 0.717) is 28.7 Å². The fourth-order valence-electron chi connectivity index (χ4n) is 1.80. The second-order valence-corrected chi connectivity index (χ2v) is 6.49. The first kappa shape index (κ1) is 15.9. The van der Waals surface area contributed by atoms with Crippen LogP contribution < -0.4 is 5.32 Å². The van der Waals surface area contributed by atoms with Gasteiger partial charge in [-0.1, -0.05) is 23.2 Å². The van der Waals surface area contributed by atoms with Crippen molar-refractivity contribution in [2.24, 2.45) is 0 Å². The Kier molecular flexibility index (Phi) is 4.64. The summed E-state index contributed by atoms with van der Waals surface area (Å²) in [6.07, 6.45) is 3.71. The first-order valence-corrected chi connectivity index (χ1v) is 7.30. The second-order valence-electron chi connectivity index (χ2n) is 5.65. The van der Waals surface area contributed by atoms with Gasteiger partial charge in [0.05, 0.1) is 15.7 Å². The Morgan fingerprint density at radius 3 is 2.76 bits per heavy atom. The number of fused-ring (bicyclic) bond motifs is 1. The highest BCUT2D eigenvalue weighted by atomic mass is 35.5. The van der Waals surface area contributed by atoms with Crippen LogP contribution in [0.25, 0.3) is 5.65 Å². The molecule has 21 heavy (non-hydrogen) atoms. The zero-order valence-electron chi connectivity index (χ0n) is 12.1. The molecule has 2 aromatic heterocycles. The standard InChI is InChI=1S/C14H17Cl2N3O2/c1-14(2,3)21-13(20)17-5-4-10-8-19-7-9(15)6-11(16)12(19)18-10/h6-8H,4-5H2,1-3H3,(H,17,20). The summed E-state index contributed by atoms with van der Waals surface area (Å²) in [5.74, 6) is 0. The molecule has 5 nitrogen and oxygen atoms in total. The Labute approximate surface area is 133 Å². The summed E-state index contributed by atoms with van der Waals surface area (Å²) >= 11 is 12.0. The van der Waals surface area contributed by atoms with Gasteiger partial charge in [-0.2, -0.15) is 0 Å². The lowest BCUT2D eigenvalue weighted by Crippen LogP contribution is -2.33. The number of amides is 1. The molecule has 114 valence electrons. The van der Waals surface area contributed by atoms with Gasteiger partial charge in [-0.05, 0) is 26.8 Å². The molecule has 7 heteroatoms. The van der Waals surface area contributed by atoms with Crippen molar-refractivity contribution >= 4 is 34.9 Å². The summed E-state index contributed by atoms with van der Waals surface area (Å²) in [5, 5.41) is 3.73. The molecular weight excluding hydrogens is 313 g/mol. The SMILES string of the molecule is CC(C)(C)OC(=O)NCCc1cn2cc(Cl)cc(Cl)c2n1. The molecule has 0 radical (unpaired) electrons. The van der Waals surface area contributed by atoms with Crippen molar-refractivity contribution < 1.29 is 9.53 Å². The van der Waals surface area contributed by atoms with E-state index < -0.39 is 11.7 Å². The van der Waals surface area contributed by atoms with Crippen LogP contribution >= 0.6 is 23.2 Å². The molecule has 0 saturated carbocycles. The largest absolute Gasteiger partial charge is 0.444 e. The third-order valence-corrected chi connectivity index (χ3v) is 3.06. The van der Waals surface area contributed by atoms with Crippen molar-refractivity contribution in [1.82, 2.24) is 14.7 Å². The first-order chi connectivity index (χ1) is 9.74. The van der Waals surface area contributed by atoms with E-state index in [1.165, 1.54) is 0 Å². The highest BCUT2D eigenvalue weighted by Crippen LogP contribution is 2.21.